The van der Waals surface area contributed by atoms with Gasteiger partial charge >= 0.3 is 0 Å². The summed E-state index contributed by atoms with van der Waals surface area (Å²) in [5.74, 6) is 1.40. The fourth-order valence-electron chi connectivity index (χ4n) is 2.08. The number of benzene rings is 1. The van der Waals surface area contributed by atoms with E-state index in [-0.39, 0.29) is 0 Å². The van der Waals surface area contributed by atoms with E-state index in [1.165, 1.54) is 0 Å². The molecular weight excluding hydrogens is 282 g/mol. The molecule has 104 valence electrons. The molecule has 0 spiro atoms. The first kappa shape index (κ1) is 13.5. The number of pyridine rings is 1. The van der Waals surface area contributed by atoms with Crippen LogP contribution in [0.5, 0.6) is 5.75 Å². The third-order valence-corrected chi connectivity index (χ3v) is 3.24. The smallest absolute Gasteiger partial charge is 0.146 e. The Morgan fingerprint density at radius 1 is 1.10 bits per heavy atom. The molecule has 0 amide bonds. The molecule has 2 aromatic heterocycles. The van der Waals surface area contributed by atoms with E-state index in [1.807, 2.05) is 42.5 Å². The van der Waals surface area contributed by atoms with Crippen LogP contribution in [0, 0.1) is 4.64 Å². The summed E-state index contributed by atoms with van der Waals surface area (Å²) in [6, 6.07) is 15.3. The van der Waals surface area contributed by atoms with Gasteiger partial charge < -0.3 is 9.72 Å². The zero-order valence-electron chi connectivity index (χ0n) is 11.4. The van der Waals surface area contributed by atoms with Gasteiger partial charge in [-0.3, -0.25) is 4.98 Å². The van der Waals surface area contributed by atoms with Gasteiger partial charge in [-0.1, -0.05) is 42.5 Å². The van der Waals surface area contributed by atoms with E-state index in [0.29, 0.717) is 21.9 Å². The third-order valence-electron chi connectivity index (χ3n) is 3.04. The van der Waals surface area contributed by atoms with Crippen molar-refractivity contribution in [2.24, 2.45) is 0 Å². The van der Waals surface area contributed by atoms with E-state index in [4.69, 9.17) is 17.0 Å². The lowest BCUT2D eigenvalue weighted by Gasteiger charge is -2.09. The minimum Gasteiger partial charge on any atom is -0.494 e. The molecule has 0 atom stereocenters. The molecule has 0 unspecified atom stereocenters. The molecule has 3 aromatic rings. The highest BCUT2D eigenvalue weighted by Crippen LogP contribution is 2.27. The molecule has 4 nitrogen and oxygen atoms in total. The highest BCUT2D eigenvalue weighted by atomic mass is 32.1. The highest BCUT2D eigenvalue weighted by Gasteiger charge is 2.09. The van der Waals surface area contributed by atoms with E-state index < -0.39 is 0 Å². The van der Waals surface area contributed by atoms with Gasteiger partial charge in [0, 0.05) is 17.8 Å². The zero-order chi connectivity index (χ0) is 14.7. The van der Waals surface area contributed by atoms with Gasteiger partial charge in [0.2, 0.25) is 0 Å². The minimum absolute atomic E-state index is 0.510. The molecule has 3 rings (SSSR count). The van der Waals surface area contributed by atoms with Gasteiger partial charge in [0.1, 0.15) is 21.9 Å². The zero-order valence-corrected chi connectivity index (χ0v) is 12.2. The molecule has 1 N–H and O–H groups in total. The predicted molar refractivity (Wildman–Crippen MR) is 84.6 cm³/mol. The van der Waals surface area contributed by atoms with Crippen molar-refractivity contribution in [2.75, 3.05) is 7.11 Å². The molecule has 1 aromatic carbocycles. The summed E-state index contributed by atoms with van der Waals surface area (Å²) < 4.78 is 5.86. The Bertz CT molecular complexity index is 815. The Labute approximate surface area is 127 Å². The van der Waals surface area contributed by atoms with Crippen molar-refractivity contribution in [3.8, 4) is 28.5 Å². The number of rotatable bonds is 3. The van der Waals surface area contributed by atoms with Crippen LogP contribution in [0.2, 0.25) is 0 Å². The molecule has 0 aliphatic rings. The van der Waals surface area contributed by atoms with Crippen LogP contribution in [0.25, 0.3) is 22.8 Å². The Balaban J connectivity index is 2.17. The van der Waals surface area contributed by atoms with E-state index in [1.54, 1.807) is 19.4 Å². The van der Waals surface area contributed by atoms with Gasteiger partial charge in [-0.25, -0.2) is 4.98 Å². The molecule has 5 heteroatoms. The maximum atomic E-state index is 5.35. The van der Waals surface area contributed by atoms with Crippen LogP contribution in [0.3, 0.4) is 0 Å². The number of methoxy groups -OCH3 is 1. The normalized spacial score (nSPS) is 10.3. The van der Waals surface area contributed by atoms with Gasteiger partial charge in [0.05, 0.1) is 12.8 Å². The molecule has 0 aliphatic heterocycles. The van der Waals surface area contributed by atoms with Gasteiger partial charge in [-0.05, 0) is 12.1 Å². The summed E-state index contributed by atoms with van der Waals surface area (Å²) >= 11 is 5.27. The molecule has 0 aliphatic carbocycles. The summed E-state index contributed by atoms with van der Waals surface area (Å²) in [6.45, 7) is 0. The third kappa shape index (κ3) is 2.83. The lowest BCUT2D eigenvalue weighted by atomic mass is 10.2. The molecule has 2 heterocycles. The minimum atomic E-state index is 0.510. The van der Waals surface area contributed by atoms with E-state index in [9.17, 15) is 0 Å². The fourth-order valence-corrected chi connectivity index (χ4v) is 2.28. The number of H-pyrrole nitrogens is 1. The molecule has 0 saturated carbocycles. The van der Waals surface area contributed by atoms with Crippen LogP contribution in [0.15, 0.2) is 54.7 Å². The summed E-state index contributed by atoms with van der Waals surface area (Å²) in [5.41, 5.74) is 2.47. The number of hydrogen-bond acceptors (Lipinski definition) is 4. The molecule has 0 fully saturated rings. The van der Waals surface area contributed by atoms with Crippen molar-refractivity contribution in [1.29, 1.82) is 0 Å². The van der Waals surface area contributed by atoms with Gasteiger partial charge in [0.25, 0.3) is 0 Å². The monoisotopic (exact) mass is 295 g/mol. The van der Waals surface area contributed by atoms with Crippen molar-refractivity contribution < 1.29 is 4.74 Å². The number of nitrogens with one attached hydrogen (secondary N) is 1. The van der Waals surface area contributed by atoms with Crippen molar-refractivity contribution in [3.63, 3.8) is 0 Å². The lowest BCUT2D eigenvalue weighted by molar-refractivity contribution is 0.414. The second-order valence-corrected chi connectivity index (χ2v) is 4.82. The lowest BCUT2D eigenvalue weighted by Crippen LogP contribution is -1.96. The second-order valence-electron chi connectivity index (χ2n) is 4.40. The second kappa shape index (κ2) is 5.85. The highest BCUT2D eigenvalue weighted by molar-refractivity contribution is 7.71. The van der Waals surface area contributed by atoms with Gasteiger partial charge in [0.15, 0.2) is 0 Å². The van der Waals surface area contributed by atoms with Crippen LogP contribution in [-0.2, 0) is 0 Å². The molecular formula is C16H13N3OS. The number of aromatic nitrogens is 3. The Kier molecular flexibility index (Phi) is 3.75. The van der Waals surface area contributed by atoms with Crippen LogP contribution >= 0.6 is 12.2 Å². The van der Waals surface area contributed by atoms with Crippen molar-refractivity contribution in [1.82, 2.24) is 15.0 Å². The van der Waals surface area contributed by atoms with E-state index in [0.717, 1.165) is 11.3 Å². The molecule has 0 saturated heterocycles. The van der Waals surface area contributed by atoms with Crippen LogP contribution in [0.4, 0.5) is 0 Å². The summed E-state index contributed by atoms with van der Waals surface area (Å²) in [4.78, 5) is 12.0. The first-order valence-corrected chi connectivity index (χ1v) is 6.85. The number of hydrogen-bond donors (Lipinski definition) is 1. The summed E-state index contributed by atoms with van der Waals surface area (Å²) in [7, 11) is 1.62. The Morgan fingerprint density at radius 3 is 2.67 bits per heavy atom. The quantitative estimate of drug-likeness (QED) is 0.745. The molecule has 0 bridgehead atoms. The van der Waals surface area contributed by atoms with Crippen molar-refractivity contribution in [2.45, 2.75) is 0 Å². The number of aromatic amines is 1. The Hall–Kier alpha value is -2.53. The first-order valence-electron chi connectivity index (χ1n) is 6.44. The first-order chi connectivity index (χ1) is 10.3. The van der Waals surface area contributed by atoms with Crippen LogP contribution < -0.4 is 4.74 Å². The topological polar surface area (TPSA) is 50.8 Å². The van der Waals surface area contributed by atoms with E-state index in [2.05, 4.69) is 15.0 Å². The maximum Gasteiger partial charge on any atom is 0.146 e. The summed E-state index contributed by atoms with van der Waals surface area (Å²) in [6.07, 6.45) is 1.72. The average molecular weight is 295 g/mol. The van der Waals surface area contributed by atoms with Gasteiger partial charge in [-0.2, -0.15) is 0 Å². The number of ether oxygens (including phenoxy) is 1. The standard InChI is InChI=1S/C16H13N3OS/c1-20-13-8-5-9-17-15(13)12-10-14(21)19-16(18-12)11-6-3-2-4-7-11/h2-10H,1H3,(H,18,19,21). The van der Waals surface area contributed by atoms with Crippen LogP contribution in [-0.4, -0.2) is 22.1 Å². The summed E-state index contributed by atoms with van der Waals surface area (Å²) in [5, 5.41) is 0. The molecule has 21 heavy (non-hydrogen) atoms. The van der Waals surface area contributed by atoms with Gasteiger partial charge in [-0.15, -0.1) is 0 Å². The largest absolute Gasteiger partial charge is 0.494 e. The molecule has 0 radical (unpaired) electrons. The average Bonchev–Trinajstić information content (AvgIpc) is 2.55. The van der Waals surface area contributed by atoms with Crippen molar-refractivity contribution >= 4 is 12.2 Å². The fraction of sp³-hybridized carbons (Fsp3) is 0.0625. The van der Waals surface area contributed by atoms with Crippen LogP contribution in [0.1, 0.15) is 0 Å². The Morgan fingerprint density at radius 2 is 1.90 bits per heavy atom. The van der Waals surface area contributed by atoms with Crippen molar-refractivity contribution in [3.05, 3.63) is 59.4 Å². The predicted octanol–water partition coefficient (Wildman–Crippen LogP) is 3.88. The van der Waals surface area contributed by atoms with E-state index >= 15 is 0 Å². The maximum absolute atomic E-state index is 5.35. The SMILES string of the molecule is COc1cccnc1-c1cc(=S)nc(-c2ccccc2)[nH]1. The number of nitrogens with zero attached hydrogens (tertiary/aromatic N) is 2.